The molecule has 3 rings (SSSR count). The van der Waals surface area contributed by atoms with Crippen LogP contribution in [-0.2, 0) is 6.42 Å². The van der Waals surface area contributed by atoms with Gasteiger partial charge in [0.2, 0.25) is 5.89 Å². The predicted octanol–water partition coefficient (Wildman–Crippen LogP) is 4.42. The Balaban J connectivity index is 1.68. The van der Waals surface area contributed by atoms with E-state index in [0.717, 1.165) is 16.9 Å². The molecule has 0 saturated carbocycles. The summed E-state index contributed by atoms with van der Waals surface area (Å²) in [6, 6.07) is 7.33. The Kier molecular flexibility index (Phi) is 4.61. The lowest BCUT2D eigenvalue weighted by Gasteiger charge is -1.98. The van der Waals surface area contributed by atoms with Gasteiger partial charge in [-0.1, -0.05) is 40.4 Å². The number of aromatic nitrogens is 2. The van der Waals surface area contributed by atoms with Crippen LogP contribution >= 0.6 is 34.5 Å². The lowest BCUT2D eigenvalue weighted by Crippen LogP contribution is -2.11. The van der Waals surface area contributed by atoms with Crippen LogP contribution in [0.15, 0.2) is 34.7 Å². The molecule has 0 saturated heterocycles. The molecule has 1 aromatic carbocycles. The van der Waals surface area contributed by atoms with Crippen molar-refractivity contribution in [1.29, 1.82) is 0 Å². The third-order valence-corrected chi connectivity index (χ3v) is 4.34. The molecule has 1 amide bonds. The van der Waals surface area contributed by atoms with E-state index >= 15 is 0 Å². The van der Waals surface area contributed by atoms with E-state index in [0.29, 0.717) is 16.6 Å². The largest absolute Gasteiger partial charge is 0.407 e. The number of carbonyl (C=O) groups is 1. The van der Waals surface area contributed by atoms with Gasteiger partial charge in [-0.05, 0) is 23.8 Å². The third-order valence-electron chi connectivity index (χ3n) is 2.86. The van der Waals surface area contributed by atoms with Crippen molar-refractivity contribution in [2.45, 2.75) is 6.42 Å². The highest BCUT2D eigenvalue weighted by Crippen LogP contribution is 2.31. The van der Waals surface area contributed by atoms with Crippen LogP contribution in [0.1, 0.15) is 21.8 Å². The first-order valence-electron chi connectivity index (χ1n) is 6.34. The van der Waals surface area contributed by atoms with Crippen molar-refractivity contribution in [3.63, 3.8) is 0 Å². The maximum atomic E-state index is 12.9. The second-order valence-corrected chi connectivity index (χ2v) is 6.78. The zero-order chi connectivity index (χ0) is 16.4. The summed E-state index contributed by atoms with van der Waals surface area (Å²) < 4.78 is 18.9. The molecule has 0 aliphatic heterocycles. The zero-order valence-electron chi connectivity index (χ0n) is 11.3. The van der Waals surface area contributed by atoms with Gasteiger partial charge in [0.15, 0.2) is 0 Å². The highest BCUT2D eigenvalue weighted by Gasteiger charge is 2.17. The van der Waals surface area contributed by atoms with E-state index in [-0.39, 0.29) is 21.7 Å². The van der Waals surface area contributed by atoms with Crippen molar-refractivity contribution in [3.05, 3.63) is 61.8 Å². The van der Waals surface area contributed by atoms with Crippen LogP contribution in [0.5, 0.6) is 0 Å². The van der Waals surface area contributed by atoms with Crippen LogP contribution < -0.4 is 5.32 Å². The van der Waals surface area contributed by atoms with Gasteiger partial charge in [-0.3, -0.25) is 10.1 Å². The minimum absolute atomic E-state index is 0.0505. The lowest BCUT2D eigenvalue weighted by atomic mass is 10.1. The van der Waals surface area contributed by atoms with Gasteiger partial charge in [0, 0.05) is 0 Å². The van der Waals surface area contributed by atoms with Gasteiger partial charge in [0.1, 0.15) is 10.2 Å². The molecule has 0 fully saturated rings. The summed E-state index contributed by atoms with van der Waals surface area (Å²) in [6.07, 6.45) is 0.328. The fraction of sp³-hybridized carbons (Fsp3) is 0.0714. The molecule has 23 heavy (non-hydrogen) atoms. The predicted molar refractivity (Wildman–Crippen MR) is 85.8 cm³/mol. The topological polar surface area (TPSA) is 68.0 Å². The van der Waals surface area contributed by atoms with Gasteiger partial charge in [-0.2, -0.15) is 0 Å². The van der Waals surface area contributed by atoms with Crippen molar-refractivity contribution in [1.82, 2.24) is 10.2 Å². The van der Waals surface area contributed by atoms with Crippen LogP contribution in [0.3, 0.4) is 0 Å². The highest BCUT2D eigenvalue weighted by atomic mass is 35.5. The lowest BCUT2D eigenvalue weighted by molar-refractivity contribution is 0.102. The number of rotatable bonds is 4. The van der Waals surface area contributed by atoms with Crippen LogP contribution in [0, 0.1) is 5.82 Å². The number of hydrogen-bond donors (Lipinski definition) is 1. The van der Waals surface area contributed by atoms with E-state index in [2.05, 4.69) is 15.5 Å². The monoisotopic (exact) mass is 371 g/mol. The summed E-state index contributed by atoms with van der Waals surface area (Å²) in [5.41, 5.74) is 1.04. The second kappa shape index (κ2) is 6.66. The Morgan fingerprint density at radius 2 is 2.00 bits per heavy atom. The van der Waals surface area contributed by atoms with Crippen molar-refractivity contribution in [2.24, 2.45) is 0 Å². The molecule has 0 atom stereocenters. The van der Waals surface area contributed by atoms with Crippen LogP contribution in [0.4, 0.5) is 10.4 Å². The average Bonchev–Trinajstić information content (AvgIpc) is 3.07. The number of hydrogen-bond acceptors (Lipinski definition) is 5. The summed E-state index contributed by atoms with van der Waals surface area (Å²) in [4.78, 5) is 12.0. The van der Waals surface area contributed by atoms with Crippen LogP contribution in [0.25, 0.3) is 0 Å². The molecule has 0 aliphatic carbocycles. The van der Waals surface area contributed by atoms with Crippen LogP contribution in [-0.4, -0.2) is 16.1 Å². The Hall–Kier alpha value is -1.96. The Morgan fingerprint density at radius 1 is 1.26 bits per heavy atom. The van der Waals surface area contributed by atoms with Crippen molar-refractivity contribution in [3.8, 4) is 0 Å². The molecular weight excluding hydrogens is 364 g/mol. The molecule has 2 aromatic heterocycles. The minimum atomic E-state index is -0.491. The maximum absolute atomic E-state index is 12.9. The Bertz CT molecular complexity index is 848. The maximum Gasteiger partial charge on any atom is 0.322 e. The van der Waals surface area contributed by atoms with E-state index in [1.165, 1.54) is 18.2 Å². The van der Waals surface area contributed by atoms with E-state index in [4.69, 9.17) is 27.6 Å². The third kappa shape index (κ3) is 3.87. The first kappa shape index (κ1) is 15.9. The average molecular weight is 372 g/mol. The van der Waals surface area contributed by atoms with Gasteiger partial charge in [-0.15, -0.1) is 16.4 Å². The molecule has 0 aliphatic rings. The molecule has 2 heterocycles. The van der Waals surface area contributed by atoms with Gasteiger partial charge in [0.25, 0.3) is 5.91 Å². The summed E-state index contributed by atoms with van der Waals surface area (Å²) in [5.74, 6) is -0.518. The smallest absolute Gasteiger partial charge is 0.322 e. The van der Waals surface area contributed by atoms with Crippen molar-refractivity contribution in [2.75, 3.05) is 5.32 Å². The van der Waals surface area contributed by atoms with Gasteiger partial charge < -0.3 is 4.42 Å². The standard InChI is InChI=1S/C14H8Cl2FN3O2S/c15-10-6-9(12(16)23-10)13(21)18-14-20-19-11(22-14)5-7-1-3-8(17)4-2-7/h1-4,6H,5H2,(H,18,20,21). The summed E-state index contributed by atoms with van der Waals surface area (Å²) in [5, 5.41) is 10.0. The number of benzene rings is 1. The van der Waals surface area contributed by atoms with Gasteiger partial charge in [0.05, 0.1) is 16.3 Å². The normalized spacial score (nSPS) is 10.7. The number of nitrogens with one attached hydrogen (secondary N) is 1. The first-order valence-corrected chi connectivity index (χ1v) is 7.91. The van der Waals surface area contributed by atoms with E-state index in [1.54, 1.807) is 12.1 Å². The Labute approximate surface area is 144 Å². The van der Waals surface area contributed by atoms with E-state index in [9.17, 15) is 9.18 Å². The summed E-state index contributed by atoms with van der Waals surface area (Å²) >= 11 is 12.8. The number of anilines is 1. The SMILES string of the molecule is O=C(Nc1nnc(Cc2ccc(F)cc2)o1)c1cc(Cl)sc1Cl. The number of thiophene rings is 1. The molecule has 0 spiro atoms. The number of amides is 1. The van der Waals surface area contributed by atoms with Crippen LogP contribution in [0.2, 0.25) is 8.67 Å². The van der Waals surface area contributed by atoms with Crippen molar-refractivity contribution < 1.29 is 13.6 Å². The molecular formula is C14H8Cl2FN3O2S. The molecule has 9 heteroatoms. The fourth-order valence-corrected chi connectivity index (χ4v) is 3.27. The molecule has 118 valence electrons. The minimum Gasteiger partial charge on any atom is -0.407 e. The zero-order valence-corrected chi connectivity index (χ0v) is 13.7. The quantitative estimate of drug-likeness (QED) is 0.736. The van der Waals surface area contributed by atoms with Gasteiger partial charge >= 0.3 is 6.01 Å². The van der Waals surface area contributed by atoms with Crippen molar-refractivity contribution >= 4 is 46.5 Å². The molecule has 0 bridgehead atoms. The van der Waals surface area contributed by atoms with E-state index in [1.807, 2.05) is 0 Å². The molecule has 3 aromatic rings. The molecule has 5 nitrogen and oxygen atoms in total. The number of nitrogens with zero attached hydrogens (tertiary/aromatic N) is 2. The van der Waals surface area contributed by atoms with E-state index < -0.39 is 5.91 Å². The number of halogens is 3. The highest BCUT2D eigenvalue weighted by molar-refractivity contribution is 7.20. The summed E-state index contributed by atoms with van der Waals surface area (Å²) in [7, 11) is 0. The first-order chi connectivity index (χ1) is 11.0. The van der Waals surface area contributed by atoms with Gasteiger partial charge in [-0.25, -0.2) is 4.39 Å². The summed E-state index contributed by atoms with van der Waals surface area (Å²) in [6.45, 7) is 0. The fourth-order valence-electron chi connectivity index (χ4n) is 1.81. The Morgan fingerprint density at radius 3 is 2.65 bits per heavy atom. The molecule has 0 radical (unpaired) electrons. The number of carbonyl (C=O) groups excluding carboxylic acids is 1. The molecule has 0 unspecified atom stereocenters. The second-order valence-electron chi connectivity index (χ2n) is 4.50. The molecule has 1 N–H and O–H groups in total.